The van der Waals surface area contributed by atoms with E-state index in [1.54, 1.807) is 23.1 Å². The van der Waals surface area contributed by atoms with E-state index >= 15 is 0 Å². The number of hydrogen-bond donors (Lipinski definition) is 0. The van der Waals surface area contributed by atoms with Gasteiger partial charge in [0, 0.05) is 28.3 Å². The topological polar surface area (TPSA) is 56.5 Å². The van der Waals surface area contributed by atoms with E-state index < -0.39 is 0 Å². The molecule has 1 aliphatic carbocycles. The summed E-state index contributed by atoms with van der Waals surface area (Å²) in [6.07, 6.45) is 2.41. The Morgan fingerprint density at radius 3 is 2.70 bits per heavy atom. The summed E-state index contributed by atoms with van der Waals surface area (Å²) in [6.45, 7) is 4.35. The van der Waals surface area contributed by atoms with Gasteiger partial charge >= 0.3 is 0 Å². The Hall–Kier alpha value is -2.25. The van der Waals surface area contributed by atoms with Crippen LogP contribution in [0.4, 0.5) is 0 Å². The molecule has 1 aliphatic rings. The summed E-state index contributed by atoms with van der Waals surface area (Å²) < 4.78 is 2.32. The molecular weight excluding hydrogens is 374 g/mol. The molecule has 0 aliphatic heterocycles. The Labute approximate surface area is 165 Å². The van der Waals surface area contributed by atoms with Crippen molar-refractivity contribution in [2.75, 3.05) is 0 Å². The van der Waals surface area contributed by atoms with Gasteiger partial charge in [0.25, 0.3) is 0 Å². The fraction of sp³-hybridized carbons (Fsp3) is 0.300. The van der Waals surface area contributed by atoms with Crippen LogP contribution in [0.2, 0.25) is 0 Å². The molecule has 0 amide bonds. The fourth-order valence-corrected chi connectivity index (χ4v) is 4.80. The third-order valence-corrected chi connectivity index (χ3v) is 6.30. The number of hydrogen-bond acceptors (Lipinski definition) is 6. The van der Waals surface area contributed by atoms with Gasteiger partial charge in [0.2, 0.25) is 0 Å². The molecule has 27 heavy (non-hydrogen) atoms. The van der Waals surface area contributed by atoms with Crippen LogP contribution in [-0.4, -0.2) is 24.7 Å². The summed E-state index contributed by atoms with van der Waals surface area (Å²) >= 11 is 3.26. The van der Waals surface area contributed by atoms with Crippen molar-refractivity contribution in [2.45, 2.75) is 48.8 Å². The monoisotopic (exact) mass is 393 g/mol. The standard InChI is InChI=1S/C20H19N5S2/c1-12(2)18-23-24-20(25(18)14-7-8-14)27-19-15-5-3-4-6-16(15)21-17(22-19)13-9-10-26-11-13/h3-6,9-12,14H,7-8H2,1-2H3. The molecule has 0 saturated heterocycles. The van der Waals surface area contributed by atoms with Gasteiger partial charge in [-0.15, -0.1) is 10.2 Å². The third-order valence-electron chi connectivity index (χ3n) is 4.65. The Bertz CT molecular complexity index is 1100. The Morgan fingerprint density at radius 1 is 1.11 bits per heavy atom. The Morgan fingerprint density at radius 2 is 1.96 bits per heavy atom. The molecule has 136 valence electrons. The van der Waals surface area contributed by atoms with Crippen LogP contribution < -0.4 is 0 Å². The first-order chi connectivity index (χ1) is 13.2. The smallest absolute Gasteiger partial charge is 0.197 e. The number of nitrogens with zero attached hydrogens (tertiary/aromatic N) is 5. The van der Waals surface area contributed by atoms with Gasteiger partial charge in [0.1, 0.15) is 10.9 Å². The molecule has 1 aromatic carbocycles. The summed E-state index contributed by atoms with van der Waals surface area (Å²) in [4.78, 5) is 9.65. The molecule has 0 spiro atoms. The van der Waals surface area contributed by atoms with Crippen molar-refractivity contribution in [1.29, 1.82) is 0 Å². The number of benzene rings is 1. The van der Waals surface area contributed by atoms with Crippen LogP contribution >= 0.6 is 23.1 Å². The minimum atomic E-state index is 0.357. The van der Waals surface area contributed by atoms with E-state index in [-0.39, 0.29) is 0 Å². The quantitative estimate of drug-likeness (QED) is 0.416. The molecule has 3 aromatic heterocycles. The Balaban J connectivity index is 1.63. The van der Waals surface area contributed by atoms with Crippen LogP contribution in [0.25, 0.3) is 22.3 Å². The first kappa shape index (κ1) is 16.9. The van der Waals surface area contributed by atoms with Crippen LogP contribution in [0, 0.1) is 0 Å². The van der Waals surface area contributed by atoms with E-state index in [1.807, 2.05) is 18.2 Å². The SMILES string of the molecule is CC(C)c1nnc(Sc2nc(-c3ccsc3)nc3ccccc23)n1C1CC1. The summed E-state index contributed by atoms with van der Waals surface area (Å²) in [5.41, 5.74) is 2.01. The number of fused-ring (bicyclic) bond motifs is 1. The highest BCUT2D eigenvalue weighted by Crippen LogP contribution is 2.42. The zero-order chi connectivity index (χ0) is 18.4. The summed E-state index contributed by atoms with van der Waals surface area (Å²) in [5.74, 6) is 2.19. The van der Waals surface area contributed by atoms with E-state index in [0.717, 1.165) is 38.3 Å². The minimum absolute atomic E-state index is 0.357. The maximum Gasteiger partial charge on any atom is 0.197 e. The molecule has 1 saturated carbocycles. The van der Waals surface area contributed by atoms with E-state index in [2.05, 4.69) is 51.5 Å². The average Bonchev–Trinajstić information content (AvgIpc) is 3.19. The van der Waals surface area contributed by atoms with Crippen molar-refractivity contribution in [3.05, 3.63) is 46.9 Å². The van der Waals surface area contributed by atoms with Gasteiger partial charge in [-0.2, -0.15) is 11.3 Å². The molecule has 0 radical (unpaired) electrons. The van der Waals surface area contributed by atoms with E-state index in [0.29, 0.717) is 12.0 Å². The Kier molecular flexibility index (Phi) is 4.21. The van der Waals surface area contributed by atoms with Gasteiger partial charge in [-0.1, -0.05) is 32.0 Å². The summed E-state index contributed by atoms with van der Waals surface area (Å²) in [7, 11) is 0. The van der Waals surface area contributed by atoms with Crippen LogP contribution in [0.5, 0.6) is 0 Å². The maximum absolute atomic E-state index is 4.89. The molecule has 0 atom stereocenters. The number of thiophene rings is 1. The molecule has 7 heteroatoms. The average molecular weight is 394 g/mol. The number of aromatic nitrogens is 5. The van der Waals surface area contributed by atoms with Crippen molar-refractivity contribution < 1.29 is 0 Å². The van der Waals surface area contributed by atoms with Crippen LogP contribution in [0.3, 0.4) is 0 Å². The van der Waals surface area contributed by atoms with Gasteiger partial charge in [-0.3, -0.25) is 0 Å². The van der Waals surface area contributed by atoms with Crippen molar-refractivity contribution in [3.8, 4) is 11.4 Å². The predicted octanol–water partition coefficient (Wildman–Crippen LogP) is 5.56. The number of rotatable bonds is 5. The van der Waals surface area contributed by atoms with E-state index in [9.17, 15) is 0 Å². The second-order valence-corrected chi connectivity index (χ2v) is 8.82. The van der Waals surface area contributed by atoms with E-state index in [1.165, 1.54) is 12.8 Å². The third kappa shape index (κ3) is 3.15. The van der Waals surface area contributed by atoms with Crippen molar-refractivity contribution in [3.63, 3.8) is 0 Å². The summed E-state index contributed by atoms with van der Waals surface area (Å²) in [5, 5.41) is 16.0. The largest absolute Gasteiger partial charge is 0.302 e. The molecule has 3 heterocycles. The first-order valence-corrected chi connectivity index (χ1v) is 10.9. The van der Waals surface area contributed by atoms with Gasteiger partial charge < -0.3 is 4.57 Å². The number of para-hydroxylation sites is 1. The molecule has 4 aromatic rings. The van der Waals surface area contributed by atoms with Gasteiger partial charge in [0.05, 0.1) is 5.52 Å². The molecule has 1 fully saturated rings. The molecule has 0 bridgehead atoms. The lowest BCUT2D eigenvalue weighted by molar-refractivity contribution is 0.599. The maximum atomic E-state index is 4.89. The van der Waals surface area contributed by atoms with Crippen molar-refractivity contribution in [1.82, 2.24) is 24.7 Å². The zero-order valence-corrected chi connectivity index (χ0v) is 16.8. The second kappa shape index (κ2) is 6.73. The molecule has 5 rings (SSSR count). The van der Waals surface area contributed by atoms with Crippen LogP contribution in [0.1, 0.15) is 44.5 Å². The molecular formula is C20H19N5S2. The lowest BCUT2D eigenvalue weighted by atomic mass is 10.2. The van der Waals surface area contributed by atoms with Gasteiger partial charge in [-0.25, -0.2) is 9.97 Å². The van der Waals surface area contributed by atoms with E-state index in [4.69, 9.17) is 9.97 Å². The van der Waals surface area contributed by atoms with Gasteiger partial charge in [-0.05, 0) is 42.1 Å². The zero-order valence-electron chi connectivity index (χ0n) is 15.2. The lowest BCUT2D eigenvalue weighted by Gasteiger charge is -2.11. The fourth-order valence-electron chi connectivity index (χ4n) is 3.16. The minimum Gasteiger partial charge on any atom is -0.302 e. The highest BCUT2D eigenvalue weighted by atomic mass is 32.2. The highest BCUT2D eigenvalue weighted by Gasteiger charge is 2.31. The van der Waals surface area contributed by atoms with Gasteiger partial charge in [0.15, 0.2) is 11.0 Å². The van der Waals surface area contributed by atoms with Crippen molar-refractivity contribution >= 4 is 34.0 Å². The molecule has 5 nitrogen and oxygen atoms in total. The highest BCUT2D eigenvalue weighted by molar-refractivity contribution is 7.99. The van der Waals surface area contributed by atoms with Crippen molar-refractivity contribution in [2.24, 2.45) is 0 Å². The normalized spacial score (nSPS) is 14.3. The summed E-state index contributed by atoms with van der Waals surface area (Å²) in [6, 6.07) is 10.8. The van der Waals surface area contributed by atoms with Crippen LogP contribution in [-0.2, 0) is 0 Å². The predicted molar refractivity (Wildman–Crippen MR) is 109 cm³/mol. The lowest BCUT2D eigenvalue weighted by Crippen LogP contribution is -2.05. The van der Waals surface area contributed by atoms with Crippen LogP contribution in [0.15, 0.2) is 51.3 Å². The second-order valence-electron chi connectivity index (χ2n) is 7.08. The molecule has 0 N–H and O–H groups in total. The first-order valence-electron chi connectivity index (χ1n) is 9.12. The molecule has 0 unspecified atom stereocenters.